The lowest BCUT2D eigenvalue weighted by molar-refractivity contribution is -0.384. The van der Waals surface area contributed by atoms with E-state index < -0.39 is 10.8 Å². The number of carbonyl (C=O) groups excluding carboxylic acids is 1. The number of methoxy groups -OCH3 is 1. The molecule has 7 nitrogen and oxygen atoms in total. The van der Waals surface area contributed by atoms with E-state index in [9.17, 15) is 14.9 Å². The number of benzene rings is 1. The Balaban J connectivity index is 3.00. The highest BCUT2D eigenvalue weighted by Crippen LogP contribution is 2.27. The van der Waals surface area contributed by atoms with Crippen LogP contribution in [0.15, 0.2) is 18.2 Å². The number of nitrogens with zero attached hydrogens (tertiary/aromatic N) is 1. The normalized spacial score (nSPS) is 9.89. The predicted molar refractivity (Wildman–Crippen MR) is 66.9 cm³/mol. The Bertz CT molecular complexity index is 448. The third-order valence-corrected chi connectivity index (χ3v) is 2.32. The first-order chi connectivity index (χ1) is 8.61. The number of hydrogen-bond acceptors (Lipinski definition) is 5. The molecule has 2 N–H and O–H groups in total. The van der Waals surface area contributed by atoms with Gasteiger partial charge in [-0.2, -0.15) is 0 Å². The topological polar surface area (TPSA) is 93.5 Å². The Morgan fingerprint density at radius 2 is 2.22 bits per heavy atom. The fourth-order valence-electron chi connectivity index (χ4n) is 1.49. The average molecular weight is 253 g/mol. The number of nitro benzene ring substituents is 1. The van der Waals surface area contributed by atoms with Gasteiger partial charge in [0, 0.05) is 20.7 Å². The fourth-order valence-corrected chi connectivity index (χ4v) is 1.49. The van der Waals surface area contributed by atoms with Gasteiger partial charge in [0.05, 0.1) is 11.5 Å². The summed E-state index contributed by atoms with van der Waals surface area (Å²) in [6, 6.07) is 4.55. The second-order valence-corrected chi connectivity index (χ2v) is 3.46. The van der Waals surface area contributed by atoms with Crippen LogP contribution in [0.2, 0.25) is 0 Å². The van der Waals surface area contributed by atoms with Gasteiger partial charge in [0.15, 0.2) is 0 Å². The smallest absolute Gasteiger partial charge is 0.305 e. The molecule has 0 aliphatic rings. The predicted octanol–water partition coefficient (Wildman–Crippen LogP) is 1.01. The number of rotatable bonds is 6. The zero-order valence-corrected chi connectivity index (χ0v) is 10.2. The van der Waals surface area contributed by atoms with Crippen LogP contribution in [0.3, 0.4) is 0 Å². The molecule has 1 amide bonds. The van der Waals surface area contributed by atoms with Gasteiger partial charge < -0.3 is 15.4 Å². The zero-order valence-electron chi connectivity index (χ0n) is 10.2. The van der Waals surface area contributed by atoms with Crippen LogP contribution in [0.1, 0.15) is 10.4 Å². The number of para-hydroxylation sites is 1. The summed E-state index contributed by atoms with van der Waals surface area (Å²) in [7, 11) is 3.07. The van der Waals surface area contributed by atoms with E-state index in [1.54, 1.807) is 19.2 Å². The Hall–Kier alpha value is -2.15. The largest absolute Gasteiger partial charge is 0.383 e. The van der Waals surface area contributed by atoms with Crippen LogP contribution >= 0.6 is 0 Å². The zero-order chi connectivity index (χ0) is 13.5. The molecule has 0 radical (unpaired) electrons. The molecule has 0 saturated carbocycles. The average Bonchev–Trinajstić information content (AvgIpc) is 2.37. The molecule has 0 heterocycles. The van der Waals surface area contributed by atoms with Crippen molar-refractivity contribution in [2.75, 3.05) is 32.6 Å². The second-order valence-electron chi connectivity index (χ2n) is 3.46. The van der Waals surface area contributed by atoms with Gasteiger partial charge in [-0.3, -0.25) is 14.9 Å². The summed E-state index contributed by atoms with van der Waals surface area (Å²) in [4.78, 5) is 22.2. The van der Waals surface area contributed by atoms with Crippen molar-refractivity contribution in [1.82, 2.24) is 5.32 Å². The SMILES string of the molecule is CNc1cccc(C(=O)NCCOC)c1[N+](=O)[O-]. The van der Waals surface area contributed by atoms with Crippen LogP contribution < -0.4 is 10.6 Å². The molecule has 0 bridgehead atoms. The lowest BCUT2D eigenvalue weighted by atomic mass is 10.1. The standard InChI is InChI=1S/C11H15N3O4/c1-12-9-5-3-4-8(10(9)14(16)17)11(15)13-6-7-18-2/h3-5,12H,6-7H2,1-2H3,(H,13,15). The molecular weight excluding hydrogens is 238 g/mol. The van der Waals surface area contributed by atoms with Crippen LogP contribution in [0, 0.1) is 10.1 Å². The van der Waals surface area contributed by atoms with Gasteiger partial charge in [0.25, 0.3) is 5.91 Å². The maximum absolute atomic E-state index is 11.8. The number of hydrogen-bond donors (Lipinski definition) is 2. The first kappa shape index (κ1) is 13.9. The summed E-state index contributed by atoms with van der Waals surface area (Å²) < 4.78 is 4.79. The maximum Gasteiger partial charge on any atom is 0.305 e. The van der Waals surface area contributed by atoms with E-state index >= 15 is 0 Å². The fraction of sp³-hybridized carbons (Fsp3) is 0.364. The minimum Gasteiger partial charge on any atom is -0.383 e. The van der Waals surface area contributed by atoms with Crippen molar-refractivity contribution in [3.63, 3.8) is 0 Å². The number of nitro groups is 1. The van der Waals surface area contributed by atoms with E-state index in [2.05, 4.69) is 10.6 Å². The number of carbonyl (C=O) groups is 1. The number of anilines is 1. The van der Waals surface area contributed by atoms with Gasteiger partial charge >= 0.3 is 5.69 Å². The van der Waals surface area contributed by atoms with E-state index in [0.29, 0.717) is 18.8 Å². The highest BCUT2D eigenvalue weighted by Gasteiger charge is 2.23. The molecule has 18 heavy (non-hydrogen) atoms. The van der Waals surface area contributed by atoms with Gasteiger partial charge in [-0.05, 0) is 12.1 Å². The molecular formula is C11H15N3O4. The summed E-state index contributed by atoms with van der Waals surface area (Å²) >= 11 is 0. The van der Waals surface area contributed by atoms with Crippen LogP contribution in [0.25, 0.3) is 0 Å². The van der Waals surface area contributed by atoms with Crippen LogP contribution in [-0.2, 0) is 4.74 Å². The first-order valence-corrected chi connectivity index (χ1v) is 5.34. The van der Waals surface area contributed by atoms with E-state index in [0.717, 1.165) is 0 Å². The molecule has 0 aliphatic carbocycles. The van der Waals surface area contributed by atoms with E-state index in [-0.39, 0.29) is 11.3 Å². The van der Waals surface area contributed by atoms with E-state index in [1.807, 2.05) is 0 Å². The molecule has 7 heteroatoms. The van der Waals surface area contributed by atoms with Crippen LogP contribution in [0.4, 0.5) is 11.4 Å². The third kappa shape index (κ3) is 3.17. The molecule has 0 atom stereocenters. The number of amides is 1. The Labute approximate surface area is 104 Å². The van der Waals surface area contributed by atoms with Crippen molar-refractivity contribution in [3.8, 4) is 0 Å². The lowest BCUT2D eigenvalue weighted by Gasteiger charge is -2.08. The highest BCUT2D eigenvalue weighted by molar-refractivity contribution is 6.00. The quantitative estimate of drug-likeness (QED) is 0.448. The van der Waals surface area contributed by atoms with E-state index in [4.69, 9.17) is 4.74 Å². The van der Waals surface area contributed by atoms with Crippen LogP contribution in [-0.4, -0.2) is 38.1 Å². The van der Waals surface area contributed by atoms with E-state index in [1.165, 1.54) is 13.2 Å². The molecule has 0 spiro atoms. The van der Waals surface area contributed by atoms with Gasteiger partial charge in [-0.25, -0.2) is 0 Å². The lowest BCUT2D eigenvalue weighted by Crippen LogP contribution is -2.27. The summed E-state index contributed by atoms with van der Waals surface area (Å²) in [6.07, 6.45) is 0. The monoisotopic (exact) mass is 253 g/mol. The van der Waals surface area contributed by atoms with Gasteiger partial charge in [0.2, 0.25) is 0 Å². The maximum atomic E-state index is 11.8. The molecule has 0 saturated heterocycles. The minimum absolute atomic E-state index is 0.0305. The minimum atomic E-state index is -0.572. The van der Waals surface area contributed by atoms with Crippen molar-refractivity contribution < 1.29 is 14.5 Å². The summed E-state index contributed by atoms with van der Waals surface area (Å²) in [5, 5.41) is 16.2. The van der Waals surface area contributed by atoms with Crippen molar-refractivity contribution in [3.05, 3.63) is 33.9 Å². The number of nitrogens with one attached hydrogen (secondary N) is 2. The summed E-state index contributed by atoms with van der Waals surface area (Å²) in [5.74, 6) is -0.490. The number of ether oxygens (including phenoxy) is 1. The van der Waals surface area contributed by atoms with Crippen molar-refractivity contribution in [2.45, 2.75) is 0 Å². The molecule has 1 aromatic carbocycles. The molecule has 0 aromatic heterocycles. The molecule has 0 fully saturated rings. The Morgan fingerprint density at radius 1 is 1.50 bits per heavy atom. The third-order valence-electron chi connectivity index (χ3n) is 2.32. The van der Waals surface area contributed by atoms with Gasteiger partial charge in [-0.1, -0.05) is 6.07 Å². The highest BCUT2D eigenvalue weighted by atomic mass is 16.6. The first-order valence-electron chi connectivity index (χ1n) is 5.34. The van der Waals surface area contributed by atoms with Crippen molar-refractivity contribution in [1.29, 1.82) is 0 Å². The molecule has 0 unspecified atom stereocenters. The second kappa shape index (κ2) is 6.55. The molecule has 1 aromatic rings. The van der Waals surface area contributed by atoms with Gasteiger partial charge in [0.1, 0.15) is 11.3 Å². The molecule has 0 aliphatic heterocycles. The Morgan fingerprint density at radius 3 is 2.78 bits per heavy atom. The van der Waals surface area contributed by atoms with Crippen molar-refractivity contribution >= 4 is 17.3 Å². The summed E-state index contributed by atoms with van der Waals surface area (Å²) in [5.41, 5.74) is 0.109. The summed E-state index contributed by atoms with van der Waals surface area (Å²) in [6.45, 7) is 0.654. The Kier molecular flexibility index (Phi) is 5.06. The van der Waals surface area contributed by atoms with Crippen molar-refractivity contribution in [2.24, 2.45) is 0 Å². The van der Waals surface area contributed by atoms with Gasteiger partial charge in [-0.15, -0.1) is 0 Å². The molecule has 98 valence electrons. The van der Waals surface area contributed by atoms with Crippen LogP contribution in [0.5, 0.6) is 0 Å². The molecule has 1 rings (SSSR count).